The molecule has 1 saturated carbocycles. The Morgan fingerprint density at radius 3 is 2.56 bits per heavy atom. The molecule has 1 aromatic carbocycles. The maximum atomic E-state index is 12.5. The van der Waals surface area contributed by atoms with Crippen LogP contribution in [0.4, 0.5) is 0 Å². The second-order valence-electron chi connectivity index (χ2n) is 7.30. The highest BCUT2D eigenvalue weighted by Gasteiger charge is 2.44. The maximum Gasteiger partial charge on any atom is 0.338 e. The normalized spacial score (nSPS) is 29.0. The molecule has 3 rings (SSSR count). The number of carbonyl (C=O) groups excluding carboxylic acids is 2. The zero-order valence-corrected chi connectivity index (χ0v) is 15.0. The smallest absolute Gasteiger partial charge is 0.338 e. The SMILES string of the molecule is CC(=O)O[C@@H]1C=C2CCCC[C@H](OC(=O)c3ccccc3)[C@@]2(C)CC1. The minimum Gasteiger partial charge on any atom is -0.458 e. The predicted molar refractivity (Wildman–Crippen MR) is 95.1 cm³/mol. The van der Waals surface area contributed by atoms with Crippen LogP contribution in [-0.2, 0) is 14.3 Å². The molecule has 4 nitrogen and oxygen atoms in total. The predicted octanol–water partition coefficient (Wildman–Crippen LogP) is 4.44. The van der Waals surface area contributed by atoms with Gasteiger partial charge in [0.25, 0.3) is 0 Å². The number of ether oxygens (including phenoxy) is 2. The Morgan fingerprint density at radius 2 is 1.84 bits per heavy atom. The number of esters is 2. The Morgan fingerprint density at radius 1 is 1.08 bits per heavy atom. The van der Waals surface area contributed by atoms with Crippen LogP contribution in [0, 0.1) is 5.41 Å². The fraction of sp³-hybridized carbons (Fsp3) is 0.524. The number of hydrogen-bond donors (Lipinski definition) is 0. The highest BCUT2D eigenvalue weighted by molar-refractivity contribution is 5.89. The first-order valence-electron chi connectivity index (χ1n) is 9.13. The van der Waals surface area contributed by atoms with Gasteiger partial charge in [0.05, 0.1) is 5.56 Å². The fourth-order valence-corrected chi connectivity index (χ4v) is 4.07. The van der Waals surface area contributed by atoms with Crippen LogP contribution in [0.1, 0.15) is 62.7 Å². The summed E-state index contributed by atoms with van der Waals surface area (Å²) in [6.07, 6.45) is 7.43. The molecule has 0 aliphatic heterocycles. The van der Waals surface area contributed by atoms with Gasteiger partial charge in [0.15, 0.2) is 0 Å². The zero-order chi connectivity index (χ0) is 17.9. The Hall–Kier alpha value is -2.10. The molecule has 0 N–H and O–H groups in total. The van der Waals surface area contributed by atoms with Gasteiger partial charge in [-0.25, -0.2) is 4.79 Å². The molecule has 3 atom stereocenters. The van der Waals surface area contributed by atoms with Gasteiger partial charge in [-0.2, -0.15) is 0 Å². The topological polar surface area (TPSA) is 52.6 Å². The van der Waals surface area contributed by atoms with Gasteiger partial charge in [-0.05, 0) is 56.7 Å². The molecule has 1 aromatic rings. The molecule has 2 aliphatic rings. The summed E-state index contributed by atoms with van der Waals surface area (Å²) >= 11 is 0. The lowest BCUT2D eigenvalue weighted by molar-refractivity contribution is -0.145. The monoisotopic (exact) mass is 342 g/mol. The highest BCUT2D eigenvalue weighted by Crippen LogP contribution is 2.48. The second-order valence-corrected chi connectivity index (χ2v) is 7.30. The highest BCUT2D eigenvalue weighted by atomic mass is 16.5. The third kappa shape index (κ3) is 3.94. The molecule has 1 fully saturated rings. The van der Waals surface area contributed by atoms with E-state index in [-0.39, 0.29) is 29.6 Å². The first-order chi connectivity index (χ1) is 12.0. The number of carbonyl (C=O) groups is 2. The van der Waals surface area contributed by atoms with Crippen LogP contribution >= 0.6 is 0 Å². The minimum atomic E-state index is -0.254. The first kappa shape index (κ1) is 17.7. The van der Waals surface area contributed by atoms with Crippen molar-refractivity contribution in [3.8, 4) is 0 Å². The fourth-order valence-electron chi connectivity index (χ4n) is 4.07. The van der Waals surface area contributed by atoms with Crippen LogP contribution in [0.15, 0.2) is 42.0 Å². The summed E-state index contributed by atoms with van der Waals surface area (Å²) in [5, 5.41) is 0. The summed E-state index contributed by atoms with van der Waals surface area (Å²) in [4.78, 5) is 23.8. The molecule has 0 bridgehead atoms. The van der Waals surface area contributed by atoms with Crippen molar-refractivity contribution in [2.45, 2.75) is 64.6 Å². The van der Waals surface area contributed by atoms with Gasteiger partial charge >= 0.3 is 11.9 Å². The van der Waals surface area contributed by atoms with E-state index in [0.29, 0.717) is 5.56 Å². The van der Waals surface area contributed by atoms with Crippen molar-refractivity contribution in [1.29, 1.82) is 0 Å². The molecule has 0 heterocycles. The average Bonchev–Trinajstić information content (AvgIpc) is 2.75. The molecule has 0 saturated heterocycles. The minimum absolute atomic E-state index is 0.132. The number of rotatable bonds is 3. The van der Waals surface area contributed by atoms with Gasteiger partial charge in [0.2, 0.25) is 0 Å². The van der Waals surface area contributed by atoms with E-state index >= 15 is 0 Å². The van der Waals surface area contributed by atoms with Crippen LogP contribution in [0.3, 0.4) is 0 Å². The zero-order valence-electron chi connectivity index (χ0n) is 15.0. The molecular weight excluding hydrogens is 316 g/mol. The van der Waals surface area contributed by atoms with Crippen molar-refractivity contribution in [3.63, 3.8) is 0 Å². The Balaban J connectivity index is 1.80. The second kappa shape index (κ2) is 7.42. The van der Waals surface area contributed by atoms with E-state index < -0.39 is 0 Å². The van der Waals surface area contributed by atoms with Crippen molar-refractivity contribution < 1.29 is 19.1 Å². The standard InChI is InChI=1S/C21H26O4/c1-15(22)24-18-12-13-21(2)17(14-18)10-6-7-11-19(21)25-20(23)16-8-4-3-5-9-16/h3-5,8-9,14,18-19H,6-7,10-13H2,1-2H3/t18-,19-,21-/m0/s1. The molecule has 2 aliphatic carbocycles. The van der Waals surface area contributed by atoms with E-state index in [1.54, 1.807) is 12.1 Å². The third-order valence-corrected chi connectivity index (χ3v) is 5.52. The van der Waals surface area contributed by atoms with Crippen LogP contribution in [-0.4, -0.2) is 24.1 Å². The van der Waals surface area contributed by atoms with Gasteiger partial charge in [-0.1, -0.05) is 30.7 Å². The molecule has 0 spiro atoms. The van der Waals surface area contributed by atoms with Gasteiger partial charge in [0.1, 0.15) is 12.2 Å². The molecule has 4 heteroatoms. The lowest BCUT2D eigenvalue weighted by Gasteiger charge is -2.41. The summed E-state index contributed by atoms with van der Waals surface area (Å²) in [7, 11) is 0. The number of benzene rings is 1. The molecule has 0 amide bonds. The molecule has 25 heavy (non-hydrogen) atoms. The van der Waals surface area contributed by atoms with Crippen molar-refractivity contribution in [3.05, 3.63) is 47.5 Å². The molecule has 134 valence electrons. The third-order valence-electron chi connectivity index (χ3n) is 5.52. The Labute approximate surface area is 149 Å². The van der Waals surface area contributed by atoms with E-state index in [1.165, 1.54) is 12.5 Å². The van der Waals surface area contributed by atoms with Gasteiger partial charge in [-0.3, -0.25) is 4.79 Å². The summed E-state index contributed by atoms with van der Waals surface area (Å²) in [5.74, 6) is -0.499. The van der Waals surface area contributed by atoms with E-state index in [2.05, 4.69) is 13.0 Å². The molecular formula is C21H26O4. The quantitative estimate of drug-likeness (QED) is 0.602. The van der Waals surface area contributed by atoms with E-state index in [1.807, 2.05) is 18.2 Å². The van der Waals surface area contributed by atoms with Crippen LogP contribution < -0.4 is 0 Å². The van der Waals surface area contributed by atoms with Crippen molar-refractivity contribution in [2.24, 2.45) is 5.41 Å². The lowest BCUT2D eigenvalue weighted by atomic mass is 9.68. The summed E-state index contributed by atoms with van der Waals surface area (Å²) < 4.78 is 11.3. The van der Waals surface area contributed by atoms with Crippen molar-refractivity contribution in [1.82, 2.24) is 0 Å². The number of hydrogen-bond acceptors (Lipinski definition) is 4. The van der Waals surface area contributed by atoms with Crippen LogP contribution in [0.5, 0.6) is 0 Å². The Bertz CT molecular complexity index is 664. The molecule has 0 aromatic heterocycles. The number of fused-ring (bicyclic) bond motifs is 1. The summed E-state index contributed by atoms with van der Waals surface area (Å²) in [6.45, 7) is 3.64. The van der Waals surface area contributed by atoms with Crippen LogP contribution in [0.2, 0.25) is 0 Å². The molecule has 0 unspecified atom stereocenters. The van der Waals surface area contributed by atoms with Crippen molar-refractivity contribution >= 4 is 11.9 Å². The summed E-state index contributed by atoms with van der Waals surface area (Å²) in [5.41, 5.74) is 1.69. The van der Waals surface area contributed by atoms with Gasteiger partial charge < -0.3 is 9.47 Å². The maximum absolute atomic E-state index is 12.5. The van der Waals surface area contributed by atoms with Gasteiger partial charge in [0, 0.05) is 12.3 Å². The molecule has 0 radical (unpaired) electrons. The van der Waals surface area contributed by atoms with E-state index in [9.17, 15) is 9.59 Å². The van der Waals surface area contributed by atoms with Crippen molar-refractivity contribution in [2.75, 3.05) is 0 Å². The van der Waals surface area contributed by atoms with E-state index in [4.69, 9.17) is 9.47 Å². The average molecular weight is 342 g/mol. The van der Waals surface area contributed by atoms with Gasteiger partial charge in [-0.15, -0.1) is 0 Å². The lowest BCUT2D eigenvalue weighted by Crippen LogP contribution is -2.40. The first-order valence-corrected chi connectivity index (χ1v) is 9.13. The largest absolute Gasteiger partial charge is 0.458 e. The van der Waals surface area contributed by atoms with Crippen LogP contribution in [0.25, 0.3) is 0 Å². The van der Waals surface area contributed by atoms with E-state index in [0.717, 1.165) is 38.5 Å². The summed E-state index contributed by atoms with van der Waals surface area (Å²) in [6, 6.07) is 9.16. The Kier molecular flexibility index (Phi) is 5.26.